The number of thiazole rings is 1. The number of nitrogens with zero attached hydrogens (tertiary/aromatic N) is 1. The van der Waals surface area contributed by atoms with Crippen molar-refractivity contribution < 1.29 is 0 Å². The van der Waals surface area contributed by atoms with Crippen molar-refractivity contribution in [2.24, 2.45) is 5.92 Å². The number of hydrogen-bond acceptors (Lipinski definition) is 4. The molecule has 0 spiro atoms. The van der Waals surface area contributed by atoms with Crippen molar-refractivity contribution >= 4 is 11.3 Å². The number of aromatic nitrogens is 1. The Balaban J connectivity index is 1.88. The number of hydrogen-bond donors (Lipinski definition) is 2. The minimum absolute atomic E-state index is 0.425. The molecule has 3 nitrogen and oxygen atoms in total. The van der Waals surface area contributed by atoms with Crippen molar-refractivity contribution in [3.05, 3.63) is 15.6 Å². The fraction of sp³-hybridized carbons (Fsp3) is 0.769. The van der Waals surface area contributed by atoms with E-state index in [9.17, 15) is 0 Å². The van der Waals surface area contributed by atoms with Crippen LogP contribution in [0.5, 0.6) is 0 Å². The van der Waals surface area contributed by atoms with Crippen LogP contribution >= 0.6 is 11.3 Å². The van der Waals surface area contributed by atoms with Gasteiger partial charge in [-0.1, -0.05) is 0 Å². The Hall–Kier alpha value is -0.450. The molecule has 3 atom stereocenters. The first-order valence-electron chi connectivity index (χ1n) is 6.48. The maximum Gasteiger partial charge on any atom is 0.0900 e. The highest BCUT2D eigenvalue weighted by molar-refractivity contribution is 7.11. The second-order valence-electron chi connectivity index (χ2n) is 5.10. The van der Waals surface area contributed by atoms with Gasteiger partial charge in [-0.2, -0.15) is 0 Å². The highest BCUT2D eigenvalue weighted by Crippen LogP contribution is 2.25. The maximum atomic E-state index is 4.49. The molecule has 1 aliphatic rings. The third-order valence-electron chi connectivity index (χ3n) is 3.71. The van der Waals surface area contributed by atoms with Gasteiger partial charge in [-0.3, -0.25) is 0 Å². The highest BCUT2D eigenvalue weighted by atomic mass is 32.1. The molecule has 0 saturated carbocycles. The van der Waals surface area contributed by atoms with Crippen LogP contribution in [0.1, 0.15) is 41.9 Å². The maximum absolute atomic E-state index is 4.49. The Morgan fingerprint density at radius 3 is 2.82 bits per heavy atom. The van der Waals surface area contributed by atoms with E-state index in [2.05, 4.69) is 43.3 Å². The van der Waals surface area contributed by atoms with E-state index in [1.165, 1.54) is 28.5 Å². The molecule has 4 heteroatoms. The largest absolute Gasteiger partial charge is 0.314 e. The summed E-state index contributed by atoms with van der Waals surface area (Å²) in [6.07, 6.45) is 1.29. The summed E-state index contributed by atoms with van der Waals surface area (Å²) in [6.45, 7) is 11.0. The Labute approximate surface area is 108 Å². The van der Waals surface area contributed by atoms with Crippen LogP contribution in [0.15, 0.2) is 0 Å². The lowest BCUT2D eigenvalue weighted by molar-refractivity contribution is 0.417. The number of rotatable bonds is 4. The minimum atomic E-state index is 0.425. The standard InChI is InChI=1S/C13H23N3S/c1-8-12(5-6-14-8)7-15-9(2)13-10(3)16-11(4)17-13/h8-9,12,14-15H,5-7H2,1-4H3. The molecule has 1 aromatic heterocycles. The van der Waals surface area contributed by atoms with Gasteiger partial charge in [-0.15, -0.1) is 11.3 Å². The molecule has 2 heterocycles. The molecule has 17 heavy (non-hydrogen) atoms. The molecule has 0 aromatic carbocycles. The summed E-state index contributed by atoms with van der Waals surface area (Å²) in [5.74, 6) is 0.770. The normalized spacial score (nSPS) is 26.4. The average molecular weight is 253 g/mol. The molecule has 1 saturated heterocycles. The number of aryl methyl sites for hydroxylation is 2. The van der Waals surface area contributed by atoms with Gasteiger partial charge in [0.2, 0.25) is 0 Å². The lowest BCUT2D eigenvalue weighted by atomic mass is 10.0. The van der Waals surface area contributed by atoms with E-state index >= 15 is 0 Å². The third kappa shape index (κ3) is 3.06. The van der Waals surface area contributed by atoms with Crippen LogP contribution in [0.2, 0.25) is 0 Å². The van der Waals surface area contributed by atoms with Crippen molar-refractivity contribution in [1.82, 2.24) is 15.6 Å². The Morgan fingerprint density at radius 2 is 2.29 bits per heavy atom. The smallest absolute Gasteiger partial charge is 0.0900 e. The second kappa shape index (κ2) is 5.46. The van der Waals surface area contributed by atoms with Gasteiger partial charge >= 0.3 is 0 Å². The van der Waals surface area contributed by atoms with E-state index in [-0.39, 0.29) is 0 Å². The van der Waals surface area contributed by atoms with Gasteiger partial charge in [-0.05, 0) is 46.6 Å². The van der Waals surface area contributed by atoms with Crippen LogP contribution in [0.25, 0.3) is 0 Å². The average Bonchev–Trinajstić information content (AvgIpc) is 2.81. The van der Waals surface area contributed by atoms with Crippen molar-refractivity contribution in [3.63, 3.8) is 0 Å². The van der Waals surface area contributed by atoms with Gasteiger partial charge in [0.25, 0.3) is 0 Å². The van der Waals surface area contributed by atoms with Crippen LogP contribution in [-0.2, 0) is 0 Å². The molecule has 2 N–H and O–H groups in total. The van der Waals surface area contributed by atoms with Crippen molar-refractivity contribution in [1.29, 1.82) is 0 Å². The van der Waals surface area contributed by atoms with Crippen molar-refractivity contribution in [2.75, 3.05) is 13.1 Å². The summed E-state index contributed by atoms with van der Waals surface area (Å²) >= 11 is 1.82. The highest BCUT2D eigenvalue weighted by Gasteiger charge is 2.23. The molecule has 0 bridgehead atoms. The molecule has 1 aromatic rings. The summed E-state index contributed by atoms with van der Waals surface area (Å²) in [5.41, 5.74) is 1.19. The Kier molecular flexibility index (Phi) is 4.17. The summed E-state index contributed by atoms with van der Waals surface area (Å²) in [5, 5.41) is 8.32. The fourth-order valence-corrected chi connectivity index (χ4v) is 3.52. The molecular formula is C13H23N3S. The molecule has 2 rings (SSSR count). The molecule has 1 aliphatic heterocycles. The molecule has 0 radical (unpaired) electrons. The van der Waals surface area contributed by atoms with Crippen LogP contribution in [-0.4, -0.2) is 24.1 Å². The van der Waals surface area contributed by atoms with Gasteiger partial charge in [0.1, 0.15) is 0 Å². The summed E-state index contributed by atoms with van der Waals surface area (Å²) in [6, 6.07) is 1.08. The third-order valence-corrected chi connectivity index (χ3v) is 4.96. The molecule has 3 unspecified atom stereocenters. The van der Waals surface area contributed by atoms with Gasteiger partial charge in [0.15, 0.2) is 0 Å². The fourth-order valence-electron chi connectivity index (χ4n) is 2.56. The second-order valence-corrected chi connectivity index (χ2v) is 6.34. The first-order valence-corrected chi connectivity index (χ1v) is 7.30. The molecule has 0 aliphatic carbocycles. The first kappa shape index (κ1) is 13.0. The topological polar surface area (TPSA) is 37.0 Å². The lowest BCUT2D eigenvalue weighted by Crippen LogP contribution is -2.32. The van der Waals surface area contributed by atoms with E-state index in [1.807, 2.05) is 11.3 Å². The zero-order valence-electron chi connectivity index (χ0n) is 11.2. The molecule has 1 fully saturated rings. The van der Waals surface area contributed by atoms with E-state index in [4.69, 9.17) is 0 Å². The van der Waals surface area contributed by atoms with Crippen molar-refractivity contribution in [3.8, 4) is 0 Å². The lowest BCUT2D eigenvalue weighted by Gasteiger charge is -2.19. The predicted octanol–water partition coefficient (Wildman–Crippen LogP) is 2.41. The van der Waals surface area contributed by atoms with Gasteiger partial charge < -0.3 is 10.6 Å². The SMILES string of the molecule is Cc1nc(C)c(C(C)NCC2CCNC2C)s1. The quantitative estimate of drug-likeness (QED) is 0.865. The van der Waals surface area contributed by atoms with E-state index in [1.54, 1.807) is 0 Å². The van der Waals surface area contributed by atoms with E-state index < -0.39 is 0 Å². The van der Waals surface area contributed by atoms with Gasteiger partial charge in [0.05, 0.1) is 10.7 Å². The Bertz CT molecular complexity index is 375. The van der Waals surface area contributed by atoms with Crippen LogP contribution in [0, 0.1) is 19.8 Å². The van der Waals surface area contributed by atoms with Crippen LogP contribution in [0.3, 0.4) is 0 Å². The summed E-state index contributed by atoms with van der Waals surface area (Å²) < 4.78 is 0. The zero-order chi connectivity index (χ0) is 12.4. The molecular weight excluding hydrogens is 230 g/mol. The molecule has 96 valence electrons. The summed E-state index contributed by atoms with van der Waals surface area (Å²) in [7, 11) is 0. The zero-order valence-corrected chi connectivity index (χ0v) is 12.0. The predicted molar refractivity (Wildman–Crippen MR) is 73.6 cm³/mol. The van der Waals surface area contributed by atoms with Crippen LogP contribution < -0.4 is 10.6 Å². The van der Waals surface area contributed by atoms with Gasteiger partial charge in [0, 0.05) is 23.5 Å². The number of nitrogens with one attached hydrogen (secondary N) is 2. The summed E-state index contributed by atoms with van der Waals surface area (Å²) in [4.78, 5) is 5.88. The van der Waals surface area contributed by atoms with Gasteiger partial charge in [-0.25, -0.2) is 4.98 Å². The van der Waals surface area contributed by atoms with Crippen LogP contribution in [0.4, 0.5) is 0 Å². The first-order chi connectivity index (χ1) is 8.08. The van der Waals surface area contributed by atoms with Crippen molar-refractivity contribution in [2.45, 2.75) is 46.2 Å². The van der Waals surface area contributed by atoms with E-state index in [0.29, 0.717) is 12.1 Å². The monoisotopic (exact) mass is 253 g/mol. The molecule has 0 amide bonds. The minimum Gasteiger partial charge on any atom is -0.314 e. The Morgan fingerprint density at radius 1 is 1.53 bits per heavy atom. The van der Waals surface area contributed by atoms with E-state index in [0.717, 1.165) is 12.5 Å².